The van der Waals surface area contributed by atoms with Crippen molar-refractivity contribution in [2.24, 2.45) is 5.73 Å². The number of hydrogen-bond donors (Lipinski definition) is 2. The fraction of sp³-hybridized carbons (Fsp3) is 0.292. The number of nitrogens with two attached hydrogens (primary N) is 2. The van der Waals surface area contributed by atoms with Gasteiger partial charge in [-0.2, -0.15) is 0 Å². The standard InChI is InChI=1S/C24H26N6O2S/c1-14-20-22(33-21(14)17-13-27-7-6-19(17)31-2)24(30-8-10-32-11-9-30)29-23(28-20)15-4-3-5-18(26)16(15)12-25/h3-7,13H,8-12,25-26H2,1-2H3. The molecule has 0 saturated carbocycles. The summed E-state index contributed by atoms with van der Waals surface area (Å²) < 4.78 is 12.2. The third-order valence-electron chi connectivity index (χ3n) is 5.96. The van der Waals surface area contributed by atoms with Gasteiger partial charge in [0.05, 0.1) is 36.1 Å². The SMILES string of the molecule is COc1ccncc1-c1sc2c(N3CCOCC3)nc(-c3cccc(N)c3CN)nc2c1C. The highest BCUT2D eigenvalue weighted by Gasteiger charge is 2.24. The highest BCUT2D eigenvalue weighted by Crippen LogP contribution is 2.44. The van der Waals surface area contributed by atoms with Crippen LogP contribution in [0.2, 0.25) is 0 Å². The molecule has 1 aliphatic rings. The van der Waals surface area contributed by atoms with Crippen molar-refractivity contribution in [1.29, 1.82) is 0 Å². The number of aromatic nitrogens is 3. The molecule has 9 heteroatoms. The van der Waals surface area contributed by atoms with Crippen LogP contribution in [0.1, 0.15) is 11.1 Å². The normalized spacial score (nSPS) is 14.1. The number of nitrogen functional groups attached to an aromatic ring is 1. The topological polar surface area (TPSA) is 112 Å². The molecule has 0 atom stereocenters. The Morgan fingerprint density at radius 1 is 1.15 bits per heavy atom. The molecule has 33 heavy (non-hydrogen) atoms. The molecular weight excluding hydrogens is 436 g/mol. The highest BCUT2D eigenvalue weighted by atomic mass is 32.1. The number of fused-ring (bicyclic) bond motifs is 1. The zero-order valence-corrected chi connectivity index (χ0v) is 19.5. The molecule has 1 saturated heterocycles. The minimum absolute atomic E-state index is 0.317. The average molecular weight is 463 g/mol. The van der Waals surface area contributed by atoms with E-state index >= 15 is 0 Å². The molecule has 1 fully saturated rings. The Morgan fingerprint density at radius 2 is 1.97 bits per heavy atom. The molecule has 4 heterocycles. The second-order valence-corrected chi connectivity index (χ2v) is 8.88. The van der Waals surface area contributed by atoms with Gasteiger partial charge in [0, 0.05) is 48.2 Å². The number of aryl methyl sites for hydroxylation is 1. The fourth-order valence-electron chi connectivity index (χ4n) is 4.21. The Hall–Kier alpha value is -3.27. The maximum absolute atomic E-state index is 6.22. The molecule has 0 bridgehead atoms. The predicted octanol–water partition coefficient (Wildman–Crippen LogP) is 3.61. The third-order valence-corrected chi connectivity index (χ3v) is 7.27. The second kappa shape index (κ2) is 8.93. The summed E-state index contributed by atoms with van der Waals surface area (Å²) in [6.07, 6.45) is 3.57. The largest absolute Gasteiger partial charge is 0.496 e. The van der Waals surface area contributed by atoms with E-state index in [2.05, 4.69) is 16.8 Å². The molecule has 1 aromatic carbocycles. The van der Waals surface area contributed by atoms with E-state index in [1.165, 1.54) is 0 Å². The van der Waals surface area contributed by atoms with Crippen molar-refractivity contribution in [3.63, 3.8) is 0 Å². The zero-order chi connectivity index (χ0) is 22.9. The molecule has 3 aromatic heterocycles. The third kappa shape index (κ3) is 3.78. The molecule has 4 N–H and O–H groups in total. The molecular formula is C24H26N6O2S. The Balaban J connectivity index is 1.78. The molecule has 0 unspecified atom stereocenters. The highest BCUT2D eigenvalue weighted by molar-refractivity contribution is 7.23. The maximum Gasteiger partial charge on any atom is 0.162 e. The van der Waals surface area contributed by atoms with Crippen LogP contribution >= 0.6 is 11.3 Å². The van der Waals surface area contributed by atoms with E-state index < -0.39 is 0 Å². The first-order valence-corrected chi connectivity index (χ1v) is 11.6. The summed E-state index contributed by atoms with van der Waals surface area (Å²) in [5.74, 6) is 2.32. The number of hydrogen-bond acceptors (Lipinski definition) is 9. The van der Waals surface area contributed by atoms with Crippen molar-refractivity contribution < 1.29 is 9.47 Å². The van der Waals surface area contributed by atoms with Crippen LogP contribution in [0.3, 0.4) is 0 Å². The lowest BCUT2D eigenvalue weighted by atomic mass is 10.0. The molecule has 0 amide bonds. The van der Waals surface area contributed by atoms with Gasteiger partial charge in [-0.25, -0.2) is 9.97 Å². The summed E-state index contributed by atoms with van der Waals surface area (Å²) in [6.45, 7) is 5.28. The molecule has 0 spiro atoms. The number of anilines is 2. The molecule has 1 aliphatic heterocycles. The number of ether oxygens (including phenoxy) is 2. The van der Waals surface area contributed by atoms with Gasteiger partial charge >= 0.3 is 0 Å². The van der Waals surface area contributed by atoms with Gasteiger partial charge in [0.2, 0.25) is 0 Å². The van der Waals surface area contributed by atoms with E-state index in [-0.39, 0.29) is 0 Å². The van der Waals surface area contributed by atoms with Crippen molar-refractivity contribution in [3.8, 4) is 27.6 Å². The van der Waals surface area contributed by atoms with E-state index in [4.69, 9.17) is 30.9 Å². The number of thiophene rings is 1. The van der Waals surface area contributed by atoms with Gasteiger partial charge in [0.1, 0.15) is 5.75 Å². The van der Waals surface area contributed by atoms with Gasteiger partial charge in [-0.1, -0.05) is 12.1 Å². The predicted molar refractivity (Wildman–Crippen MR) is 133 cm³/mol. The summed E-state index contributed by atoms with van der Waals surface area (Å²) in [7, 11) is 1.67. The Kier molecular flexibility index (Phi) is 5.84. The van der Waals surface area contributed by atoms with Gasteiger partial charge in [0.15, 0.2) is 11.6 Å². The van der Waals surface area contributed by atoms with Crippen molar-refractivity contribution >= 4 is 33.1 Å². The van der Waals surface area contributed by atoms with Crippen LogP contribution in [-0.2, 0) is 11.3 Å². The molecule has 170 valence electrons. The number of pyridine rings is 1. The van der Waals surface area contributed by atoms with Crippen LogP contribution in [0.5, 0.6) is 5.75 Å². The van der Waals surface area contributed by atoms with E-state index in [1.807, 2.05) is 30.5 Å². The molecule has 8 nitrogen and oxygen atoms in total. The quantitative estimate of drug-likeness (QED) is 0.433. The van der Waals surface area contributed by atoms with Gasteiger partial charge in [0.25, 0.3) is 0 Å². The van der Waals surface area contributed by atoms with Crippen LogP contribution < -0.4 is 21.1 Å². The first-order valence-electron chi connectivity index (χ1n) is 10.8. The zero-order valence-electron chi connectivity index (χ0n) is 18.7. The van der Waals surface area contributed by atoms with E-state index in [1.54, 1.807) is 24.6 Å². The lowest BCUT2D eigenvalue weighted by Crippen LogP contribution is -2.36. The summed E-state index contributed by atoms with van der Waals surface area (Å²) in [4.78, 5) is 17.7. The lowest BCUT2D eigenvalue weighted by Gasteiger charge is -2.28. The smallest absolute Gasteiger partial charge is 0.162 e. The van der Waals surface area contributed by atoms with Crippen LogP contribution in [0.25, 0.3) is 32.0 Å². The number of benzene rings is 1. The number of morpholine rings is 1. The van der Waals surface area contributed by atoms with Gasteiger partial charge in [-0.3, -0.25) is 4.98 Å². The molecule has 4 aromatic rings. The van der Waals surface area contributed by atoms with Crippen LogP contribution in [0.4, 0.5) is 11.5 Å². The molecule has 5 rings (SSSR count). The number of methoxy groups -OCH3 is 1. The molecule has 0 radical (unpaired) electrons. The van der Waals surface area contributed by atoms with Crippen molar-refractivity contribution in [2.75, 3.05) is 44.0 Å². The number of rotatable bonds is 5. The Bertz CT molecular complexity index is 1320. The Morgan fingerprint density at radius 3 is 2.73 bits per heavy atom. The summed E-state index contributed by atoms with van der Waals surface area (Å²) in [6, 6.07) is 7.63. The minimum Gasteiger partial charge on any atom is -0.496 e. The number of nitrogens with zero attached hydrogens (tertiary/aromatic N) is 4. The summed E-state index contributed by atoms with van der Waals surface area (Å²) >= 11 is 1.67. The Labute approximate surface area is 196 Å². The summed E-state index contributed by atoms with van der Waals surface area (Å²) in [5, 5.41) is 0. The minimum atomic E-state index is 0.317. The van der Waals surface area contributed by atoms with Crippen molar-refractivity contribution in [3.05, 3.63) is 47.8 Å². The monoisotopic (exact) mass is 462 g/mol. The van der Waals surface area contributed by atoms with E-state index in [0.29, 0.717) is 31.3 Å². The van der Waals surface area contributed by atoms with Gasteiger partial charge in [-0.05, 0) is 30.2 Å². The fourth-order valence-corrected chi connectivity index (χ4v) is 5.49. The maximum atomic E-state index is 6.22. The van der Waals surface area contributed by atoms with Gasteiger partial charge < -0.3 is 25.8 Å². The van der Waals surface area contributed by atoms with E-state index in [0.717, 1.165) is 62.0 Å². The van der Waals surface area contributed by atoms with Crippen LogP contribution in [-0.4, -0.2) is 48.4 Å². The molecule has 0 aliphatic carbocycles. The first-order chi connectivity index (χ1) is 16.1. The van der Waals surface area contributed by atoms with E-state index in [9.17, 15) is 0 Å². The first kappa shape index (κ1) is 21.6. The van der Waals surface area contributed by atoms with Gasteiger partial charge in [-0.15, -0.1) is 11.3 Å². The van der Waals surface area contributed by atoms with Crippen molar-refractivity contribution in [2.45, 2.75) is 13.5 Å². The van der Waals surface area contributed by atoms with Crippen LogP contribution in [0.15, 0.2) is 36.7 Å². The van der Waals surface area contributed by atoms with Crippen LogP contribution in [0, 0.1) is 6.92 Å². The summed E-state index contributed by atoms with van der Waals surface area (Å²) in [5.41, 5.74) is 17.6. The average Bonchev–Trinajstić information content (AvgIpc) is 3.20. The second-order valence-electron chi connectivity index (χ2n) is 7.86. The lowest BCUT2D eigenvalue weighted by molar-refractivity contribution is 0.122. The van der Waals surface area contributed by atoms with Crippen molar-refractivity contribution in [1.82, 2.24) is 15.0 Å².